The summed E-state index contributed by atoms with van der Waals surface area (Å²) in [4.78, 5) is 0. The molecule has 0 saturated heterocycles. The quantitative estimate of drug-likeness (QED) is 0.864. The number of rotatable bonds is 2. The molecule has 3 aliphatic rings. The van der Waals surface area contributed by atoms with Gasteiger partial charge in [-0.25, -0.2) is 4.39 Å². The van der Waals surface area contributed by atoms with Crippen LogP contribution in [-0.2, 0) is 6.42 Å². The van der Waals surface area contributed by atoms with E-state index < -0.39 is 0 Å². The molecule has 1 aromatic rings. The van der Waals surface area contributed by atoms with Gasteiger partial charge in [0.2, 0.25) is 0 Å². The Balaban J connectivity index is 1.60. The van der Waals surface area contributed by atoms with Crippen molar-refractivity contribution in [3.63, 3.8) is 0 Å². The molecule has 102 valence electrons. The van der Waals surface area contributed by atoms with E-state index in [1.807, 2.05) is 12.1 Å². The normalized spacial score (nSPS) is 43.7. The molecule has 1 nitrogen and oxygen atoms in total. The Morgan fingerprint density at radius 2 is 2.00 bits per heavy atom. The molecular weight excluding hydrogens is 237 g/mol. The smallest absolute Gasteiger partial charge is 0.126 e. The van der Waals surface area contributed by atoms with E-state index in [9.17, 15) is 4.39 Å². The first-order valence-corrected chi connectivity index (χ1v) is 7.70. The minimum atomic E-state index is -0.141. The average molecular weight is 259 g/mol. The zero-order valence-corrected chi connectivity index (χ0v) is 11.3. The number of fused-ring (bicyclic) bond motifs is 5. The van der Waals surface area contributed by atoms with Crippen molar-refractivity contribution in [3.8, 4) is 0 Å². The fraction of sp³-hybridized carbons (Fsp3) is 0.647. The number of hydrogen-bond acceptors (Lipinski definition) is 1. The maximum absolute atomic E-state index is 13.9. The summed E-state index contributed by atoms with van der Waals surface area (Å²) in [6.45, 7) is 0. The van der Waals surface area contributed by atoms with Gasteiger partial charge in [-0.2, -0.15) is 0 Å². The minimum Gasteiger partial charge on any atom is -0.325 e. The molecule has 2 heteroatoms. The predicted octanol–water partition coefficient (Wildman–Crippen LogP) is 3.52. The van der Waals surface area contributed by atoms with Crippen LogP contribution in [0.15, 0.2) is 24.3 Å². The van der Waals surface area contributed by atoms with Crippen LogP contribution in [0.4, 0.5) is 4.39 Å². The molecule has 0 aromatic heterocycles. The van der Waals surface area contributed by atoms with E-state index in [-0.39, 0.29) is 11.4 Å². The Labute approximate surface area is 114 Å². The molecule has 5 atom stereocenters. The van der Waals surface area contributed by atoms with E-state index in [0.29, 0.717) is 5.92 Å². The summed E-state index contributed by atoms with van der Waals surface area (Å²) in [5, 5.41) is 0. The Kier molecular flexibility index (Phi) is 2.54. The van der Waals surface area contributed by atoms with Crippen LogP contribution in [0, 0.1) is 29.5 Å². The van der Waals surface area contributed by atoms with E-state index in [1.165, 1.54) is 25.7 Å². The van der Waals surface area contributed by atoms with Crippen molar-refractivity contribution < 1.29 is 4.39 Å². The van der Waals surface area contributed by atoms with Crippen LogP contribution in [0.5, 0.6) is 0 Å². The van der Waals surface area contributed by atoms with Gasteiger partial charge in [0.1, 0.15) is 5.82 Å². The topological polar surface area (TPSA) is 26.0 Å². The Morgan fingerprint density at radius 1 is 1.21 bits per heavy atom. The first-order chi connectivity index (χ1) is 9.17. The van der Waals surface area contributed by atoms with Gasteiger partial charge in [-0.1, -0.05) is 24.6 Å². The Bertz CT molecular complexity index is 500. The van der Waals surface area contributed by atoms with E-state index in [0.717, 1.165) is 36.2 Å². The predicted molar refractivity (Wildman–Crippen MR) is 74.1 cm³/mol. The van der Waals surface area contributed by atoms with Gasteiger partial charge in [-0.15, -0.1) is 0 Å². The van der Waals surface area contributed by atoms with Gasteiger partial charge in [0.05, 0.1) is 0 Å². The van der Waals surface area contributed by atoms with E-state index in [2.05, 4.69) is 0 Å². The monoisotopic (exact) mass is 259 g/mol. The standard InChI is InChI=1S/C17H22FN/c18-16-7-2-1-4-11(16)9-17(19)10-12-8-15(17)14-6-3-5-13(12)14/h1-2,4,7,12-15H,3,5-6,8-10,19H2. The maximum Gasteiger partial charge on any atom is 0.126 e. The number of halogens is 1. The maximum atomic E-state index is 13.9. The number of hydrogen-bond donors (Lipinski definition) is 1. The second-order valence-corrected chi connectivity index (χ2v) is 7.07. The third-order valence-corrected chi connectivity index (χ3v) is 6.16. The van der Waals surface area contributed by atoms with Crippen LogP contribution in [0.1, 0.15) is 37.7 Å². The van der Waals surface area contributed by atoms with Gasteiger partial charge in [-0.3, -0.25) is 0 Å². The molecule has 3 fully saturated rings. The van der Waals surface area contributed by atoms with Gasteiger partial charge in [0, 0.05) is 5.54 Å². The highest BCUT2D eigenvalue weighted by molar-refractivity contribution is 5.23. The molecule has 19 heavy (non-hydrogen) atoms. The van der Waals surface area contributed by atoms with E-state index in [4.69, 9.17) is 5.73 Å². The first-order valence-electron chi connectivity index (χ1n) is 7.70. The molecule has 0 amide bonds. The lowest BCUT2D eigenvalue weighted by atomic mass is 9.69. The summed E-state index contributed by atoms with van der Waals surface area (Å²) in [5.41, 5.74) is 7.41. The molecular formula is C17H22FN. The van der Waals surface area contributed by atoms with Crippen molar-refractivity contribution in [2.24, 2.45) is 29.4 Å². The van der Waals surface area contributed by atoms with Crippen LogP contribution >= 0.6 is 0 Å². The molecule has 2 N–H and O–H groups in total. The molecule has 3 aliphatic carbocycles. The third-order valence-electron chi connectivity index (χ3n) is 6.16. The van der Waals surface area contributed by atoms with E-state index in [1.54, 1.807) is 12.1 Å². The average Bonchev–Trinajstić information content (AvgIpc) is 3.02. The number of benzene rings is 1. The second kappa shape index (κ2) is 4.05. The van der Waals surface area contributed by atoms with Crippen LogP contribution in [-0.4, -0.2) is 5.54 Å². The molecule has 3 saturated carbocycles. The van der Waals surface area contributed by atoms with Gasteiger partial charge in [-0.05, 0) is 67.4 Å². The molecule has 4 rings (SSSR count). The molecule has 0 radical (unpaired) electrons. The zero-order valence-electron chi connectivity index (χ0n) is 11.3. The van der Waals surface area contributed by atoms with E-state index >= 15 is 0 Å². The summed E-state index contributed by atoms with van der Waals surface area (Å²) in [6, 6.07) is 7.15. The van der Waals surface area contributed by atoms with Crippen molar-refractivity contribution in [1.29, 1.82) is 0 Å². The SMILES string of the molecule is NC1(Cc2ccccc2F)CC2CC1C1CCCC21. The zero-order chi connectivity index (χ0) is 13.0. The van der Waals surface area contributed by atoms with Crippen molar-refractivity contribution in [3.05, 3.63) is 35.6 Å². The summed E-state index contributed by atoms with van der Waals surface area (Å²) in [7, 11) is 0. The van der Waals surface area contributed by atoms with Gasteiger partial charge < -0.3 is 5.73 Å². The molecule has 0 spiro atoms. The highest BCUT2D eigenvalue weighted by Crippen LogP contribution is 2.62. The van der Waals surface area contributed by atoms with Crippen molar-refractivity contribution in [2.45, 2.75) is 44.1 Å². The lowest BCUT2D eigenvalue weighted by Gasteiger charge is -2.40. The lowest BCUT2D eigenvalue weighted by Crippen LogP contribution is -2.51. The van der Waals surface area contributed by atoms with Crippen molar-refractivity contribution in [2.75, 3.05) is 0 Å². The summed E-state index contributed by atoms with van der Waals surface area (Å²) < 4.78 is 13.9. The van der Waals surface area contributed by atoms with Gasteiger partial charge in [0.25, 0.3) is 0 Å². The Hall–Kier alpha value is -0.890. The van der Waals surface area contributed by atoms with Crippen LogP contribution in [0.25, 0.3) is 0 Å². The van der Waals surface area contributed by atoms with Crippen molar-refractivity contribution >= 4 is 0 Å². The van der Waals surface area contributed by atoms with Crippen LogP contribution in [0.3, 0.4) is 0 Å². The summed E-state index contributed by atoms with van der Waals surface area (Å²) >= 11 is 0. The van der Waals surface area contributed by atoms with Gasteiger partial charge >= 0.3 is 0 Å². The minimum absolute atomic E-state index is 0.0851. The lowest BCUT2D eigenvalue weighted by molar-refractivity contribution is 0.155. The molecule has 5 unspecified atom stereocenters. The first kappa shape index (κ1) is 11.9. The van der Waals surface area contributed by atoms with Crippen LogP contribution in [0.2, 0.25) is 0 Å². The van der Waals surface area contributed by atoms with Gasteiger partial charge in [0.15, 0.2) is 0 Å². The molecule has 1 aromatic carbocycles. The molecule has 0 heterocycles. The third kappa shape index (κ3) is 1.69. The Morgan fingerprint density at radius 3 is 2.84 bits per heavy atom. The highest BCUT2D eigenvalue weighted by Gasteiger charge is 2.59. The highest BCUT2D eigenvalue weighted by atomic mass is 19.1. The fourth-order valence-electron chi connectivity index (χ4n) is 5.51. The summed E-state index contributed by atoms with van der Waals surface area (Å²) in [5.74, 6) is 3.18. The summed E-state index contributed by atoms with van der Waals surface area (Å²) in [6.07, 6.45) is 7.32. The van der Waals surface area contributed by atoms with Crippen molar-refractivity contribution in [1.82, 2.24) is 0 Å². The molecule has 0 aliphatic heterocycles. The number of nitrogens with two attached hydrogens (primary N) is 1. The second-order valence-electron chi connectivity index (χ2n) is 7.07. The molecule has 2 bridgehead atoms. The largest absolute Gasteiger partial charge is 0.325 e. The fourth-order valence-corrected chi connectivity index (χ4v) is 5.51. The van der Waals surface area contributed by atoms with Crippen LogP contribution < -0.4 is 5.73 Å².